The van der Waals surface area contributed by atoms with Crippen molar-refractivity contribution in [3.63, 3.8) is 0 Å². The first kappa shape index (κ1) is 9.70. The van der Waals surface area contributed by atoms with Crippen LogP contribution in [-0.4, -0.2) is 4.98 Å². The van der Waals surface area contributed by atoms with Crippen LogP contribution in [0, 0.1) is 6.92 Å². The number of hydrogen-bond acceptors (Lipinski definition) is 1. The van der Waals surface area contributed by atoms with E-state index in [2.05, 4.69) is 31.8 Å². The molecule has 1 aromatic heterocycles. The molecule has 0 aliphatic heterocycles. The fourth-order valence-electron chi connectivity index (χ4n) is 2.35. The molecule has 0 spiro atoms. The molecule has 0 radical (unpaired) electrons. The molecule has 0 bridgehead atoms. The molecule has 1 heterocycles. The Hall–Kier alpha value is -0.850. The largest absolute Gasteiger partial charge is 0.261 e. The molecule has 1 aromatic rings. The van der Waals surface area contributed by atoms with Crippen LogP contribution in [0.5, 0.6) is 0 Å². The maximum absolute atomic E-state index is 4.58. The van der Waals surface area contributed by atoms with E-state index in [1.165, 1.54) is 36.1 Å². The maximum atomic E-state index is 4.58. The summed E-state index contributed by atoms with van der Waals surface area (Å²) in [7, 11) is 0. The Balaban J connectivity index is 2.41. The number of aromatic nitrogens is 1. The molecular weight excluding hydrogens is 170 g/mol. The molecule has 1 aliphatic rings. The Kier molecular flexibility index (Phi) is 2.58. The molecule has 0 atom stereocenters. The average Bonchev–Trinajstić information content (AvgIpc) is 1.99. The average molecular weight is 189 g/mol. The summed E-state index contributed by atoms with van der Waals surface area (Å²) in [5.41, 5.74) is 4.29. The van der Waals surface area contributed by atoms with Crippen LogP contribution in [-0.2, 0) is 0 Å². The van der Waals surface area contributed by atoms with Crippen molar-refractivity contribution in [2.45, 2.75) is 51.9 Å². The van der Waals surface area contributed by atoms with Crippen LogP contribution in [0.2, 0.25) is 0 Å². The highest BCUT2D eigenvalue weighted by molar-refractivity contribution is 5.34. The number of rotatable bonds is 2. The molecule has 0 saturated heterocycles. The number of hydrogen-bond donors (Lipinski definition) is 0. The van der Waals surface area contributed by atoms with Crippen LogP contribution in [0.4, 0.5) is 0 Å². The summed E-state index contributed by atoms with van der Waals surface area (Å²) in [6, 6.07) is 2.14. The smallest absolute Gasteiger partial charge is 0.0471 e. The molecule has 2 rings (SSSR count). The third kappa shape index (κ3) is 1.56. The highest BCUT2D eigenvalue weighted by atomic mass is 14.7. The summed E-state index contributed by atoms with van der Waals surface area (Å²) >= 11 is 0. The Bertz CT molecular complexity index is 324. The van der Waals surface area contributed by atoms with Gasteiger partial charge in [-0.05, 0) is 42.9 Å². The van der Waals surface area contributed by atoms with Gasteiger partial charge < -0.3 is 0 Å². The van der Waals surface area contributed by atoms with Crippen LogP contribution in [0.15, 0.2) is 12.3 Å². The Morgan fingerprint density at radius 3 is 2.57 bits per heavy atom. The molecule has 1 heteroatoms. The number of nitrogens with zero attached hydrogens (tertiary/aromatic N) is 1. The SMILES string of the molecule is Cc1ccnc(C2CCC2)c1C(C)C. The third-order valence-electron chi connectivity index (χ3n) is 3.31. The van der Waals surface area contributed by atoms with Gasteiger partial charge in [-0.2, -0.15) is 0 Å². The van der Waals surface area contributed by atoms with Gasteiger partial charge in [0.15, 0.2) is 0 Å². The lowest BCUT2D eigenvalue weighted by Gasteiger charge is -2.28. The molecule has 1 saturated carbocycles. The van der Waals surface area contributed by atoms with E-state index < -0.39 is 0 Å². The lowest BCUT2D eigenvalue weighted by atomic mass is 9.78. The van der Waals surface area contributed by atoms with Crippen molar-refractivity contribution in [2.75, 3.05) is 0 Å². The Morgan fingerprint density at radius 2 is 2.07 bits per heavy atom. The molecule has 0 N–H and O–H groups in total. The first-order valence-corrected chi connectivity index (χ1v) is 5.65. The van der Waals surface area contributed by atoms with Crippen LogP contribution in [0.3, 0.4) is 0 Å². The summed E-state index contributed by atoms with van der Waals surface area (Å²) in [4.78, 5) is 4.58. The third-order valence-corrected chi connectivity index (χ3v) is 3.31. The minimum Gasteiger partial charge on any atom is -0.261 e. The molecule has 1 fully saturated rings. The first-order valence-electron chi connectivity index (χ1n) is 5.65. The van der Waals surface area contributed by atoms with Gasteiger partial charge >= 0.3 is 0 Å². The van der Waals surface area contributed by atoms with E-state index in [0.29, 0.717) is 5.92 Å². The zero-order valence-corrected chi connectivity index (χ0v) is 9.38. The predicted octanol–water partition coefficient (Wildman–Crippen LogP) is 3.78. The van der Waals surface area contributed by atoms with Crippen LogP contribution >= 0.6 is 0 Å². The van der Waals surface area contributed by atoms with Crippen molar-refractivity contribution in [1.82, 2.24) is 4.98 Å². The van der Waals surface area contributed by atoms with E-state index in [0.717, 1.165) is 5.92 Å². The van der Waals surface area contributed by atoms with Gasteiger partial charge in [-0.25, -0.2) is 0 Å². The maximum Gasteiger partial charge on any atom is 0.0471 e. The lowest BCUT2D eigenvalue weighted by molar-refractivity contribution is 0.406. The minimum atomic E-state index is 0.610. The van der Waals surface area contributed by atoms with Gasteiger partial charge in [0.05, 0.1) is 0 Å². The lowest BCUT2D eigenvalue weighted by Crippen LogP contribution is -2.14. The summed E-state index contributed by atoms with van der Waals surface area (Å²) in [5.74, 6) is 1.37. The van der Waals surface area contributed by atoms with Gasteiger partial charge in [-0.1, -0.05) is 20.3 Å². The van der Waals surface area contributed by atoms with E-state index in [1.807, 2.05) is 6.20 Å². The molecule has 0 amide bonds. The van der Waals surface area contributed by atoms with Crippen LogP contribution in [0.25, 0.3) is 0 Å². The summed E-state index contributed by atoms with van der Waals surface area (Å²) in [5, 5.41) is 0. The fraction of sp³-hybridized carbons (Fsp3) is 0.615. The molecule has 0 unspecified atom stereocenters. The second-order valence-corrected chi connectivity index (χ2v) is 4.71. The molecule has 0 aromatic carbocycles. The molecule has 1 aliphatic carbocycles. The van der Waals surface area contributed by atoms with Gasteiger partial charge in [0.25, 0.3) is 0 Å². The van der Waals surface area contributed by atoms with Gasteiger partial charge in [0, 0.05) is 17.8 Å². The van der Waals surface area contributed by atoms with E-state index in [4.69, 9.17) is 0 Å². The minimum absolute atomic E-state index is 0.610. The highest BCUT2D eigenvalue weighted by Gasteiger charge is 2.24. The second kappa shape index (κ2) is 3.72. The van der Waals surface area contributed by atoms with E-state index in [9.17, 15) is 0 Å². The summed E-state index contributed by atoms with van der Waals surface area (Å²) in [6.45, 7) is 6.75. The standard InChI is InChI=1S/C13H19N/c1-9(2)12-10(3)7-8-14-13(12)11-5-4-6-11/h7-9,11H,4-6H2,1-3H3. The van der Waals surface area contributed by atoms with Crippen molar-refractivity contribution in [2.24, 2.45) is 0 Å². The Labute approximate surface area is 86.6 Å². The molecule has 14 heavy (non-hydrogen) atoms. The van der Waals surface area contributed by atoms with Crippen molar-refractivity contribution < 1.29 is 0 Å². The quantitative estimate of drug-likeness (QED) is 0.690. The van der Waals surface area contributed by atoms with E-state index in [-0.39, 0.29) is 0 Å². The zero-order valence-electron chi connectivity index (χ0n) is 9.38. The Morgan fingerprint density at radius 1 is 1.36 bits per heavy atom. The molecule has 76 valence electrons. The van der Waals surface area contributed by atoms with Crippen molar-refractivity contribution in [3.05, 3.63) is 29.1 Å². The number of aryl methyl sites for hydroxylation is 1. The van der Waals surface area contributed by atoms with Gasteiger partial charge in [0.1, 0.15) is 0 Å². The van der Waals surface area contributed by atoms with Crippen molar-refractivity contribution in [3.8, 4) is 0 Å². The van der Waals surface area contributed by atoms with Crippen LogP contribution in [0.1, 0.15) is 61.8 Å². The van der Waals surface area contributed by atoms with E-state index >= 15 is 0 Å². The number of pyridine rings is 1. The summed E-state index contributed by atoms with van der Waals surface area (Å²) < 4.78 is 0. The first-order chi connectivity index (χ1) is 6.70. The molecular formula is C13H19N. The second-order valence-electron chi connectivity index (χ2n) is 4.71. The highest BCUT2D eigenvalue weighted by Crippen LogP contribution is 2.39. The van der Waals surface area contributed by atoms with Gasteiger partial charge in [-0.3, -0.25) is 4.98 Å². The topological polar surface area (TPSA) is 12.9 Å². The zero-order chi connectivity index (χ0) is 10.1. The van der Waals surface area contributed by atoms with Gasteiger partial charge in [-0.15, -0.1) is 0 Å². The fourth-order valence-corrected chi connectivity index (χ4v) is 2.35. The predicted molar refractivity (Wildman–Crippen MR) is 59.7 cm³/mol. The monoisotopic (exact) mass is 189 g/mol. The molecule has 1 nitrogen and oxygen atoms in total. The van der Waals surface area contributed by atoms with Crippen LogP contribution < -0.4 is 0 Å². The van der Waals surface area contributed by atoms with Crippen molar-refractivity contribution >= 4 is 0 Å². The summed E-state index contributed by atoms with van der Waals surface area (Å²) in [6.07, 6.45) is 6.04. The van der Waals surface area contributed by atoms with Crippen molar-refractivity contribution in [1.29, 1.82) is 0 Å². The normalized spacial score (nSPS) is 17.1. The van der Waals surface area contributed by atoms with Gasteiger partial charge in [0.2, 0.25) is 0 Å². The van der Waals surface area contributed by atoms with E-state index in [1.54, 1.807) is 0 Å².